The Kier molecular flexibility index (Phi) is 2.66. The molecular weight excluding hydrogens is 230 g/mol. The lowest BCUT2D eigenvalue weighted by Gasteiger charge is -2.20. The molecule has 2 heterocycles. The van der Waals surface area contributed by atoms with Gasteiger partial charge in [0.15, 0.2) is 5.58 Å². The number of nitrogens with zero attached hydrogens (tertiary/aromatic N) is 2. The number of para-hydroxylation sites is 2. The molecule has 1 aliphatic heterocycles. The van der Waals surface area contributed by atoms with E-state index < -0.39 is 0 Å². The Morgan fingerprint density at radius 2 is 2.33 bits per heavy atom. The number of carbonyl (C=O) groups is 1. The zero-order chi connectivity index (χ0) is 12.5. The smallest absolute Gasteiger partial charge is 0.299 e. The first-order chi connectivity index (χ1) is 8.79. The van der Waals surface area contributed by atoms with Gasteiger partial charge in [0.2, 0.25) is 5.91 Å². The maximum Gasteiger partial charge on any atom is 0.299 e. The topological polar surface area (TPSA) is 58.4 Å². The Bertz CT molecular complexity index is 545. The van der Waals surface area contributed by atoms with E-state index in [1.807, 2.05) is 29.2 Å². The summed E-state index contributed by atoms with van der Waals surface area (Å²) in [4.78, 5) is 18.2. The van der Waals surface area contributed by atoms with Crippen molar-refractivity contribution in [2.24, 2.45) is 0 Å². The SMILES string of the molecule is CNC(=O)[C@@H]1CCCN1c1nc2ccccc2o1. The van der Waals surface area contributed by atoms with E-state index in [-0.39, 0.29) is 11.9 Å². The standard InChI is InChI=1S/C13H15N3O2/c1-14-12(17)10-6-4-8-16(10)13-15-9-5-2-3-7-11(9)18-13/h2-3,5,7,10H,4,6,8H2,1H3,(H,14,17)/t10-/m0/s1. The van der Waals surface area contributed by atoms with Crippen LogP contribution in [0.5, 0.6) is 0 Å². The first-order valence-electron chi connectivity index (χ1n) is 6.13. The highest BCUT2D eigenvalue weighted by Gasteiger charge is 2.33. The predicted molar refractivity (Wildman–Crippen MR) is 68.4 cm³/mol. The van der Waals surface area contributed by atoms with E-state index in [1.54, 1.807) is 7.05 Å². The first-order valence-corrected chi connectivity index (χ1v) is 6.13. The molecule has 1 N–H and O–H groups in total. The van der Waals surface area contributed by atoms with Gasteiger partial charge < -0.3 is 14.6 Å². The number of benzene rings is 1. The van der Waals surface area contributed by atoms with E-state index in [9.17, 15) is 4.79 Å². The zero-order valence-corrected chi connectivity index (χ0v) is 10.2. The molecule has 1 amide bonds. The number of carbonyl (C=O) groups excluding carboxylic acids is 1. The van der Waals surface area contributed by atoms with Crippen molar-refractivity contribution >= 4 is 23.0 Å². The molecule has 0 saturated carbocycles. The Morgan fingerprint density at radius 3 is 3.11 bits per heavy atom. The number of oxazole rings is 1. The number of anilines is 1. The summed E-state index contributed by atoms with van der Waals surface area (Å²) in [5, 5.41) is 2.69. The Balaban J connectivity index is 1.95. The third kappa shape index (κ3) is 1.72. The molecule has 1 aromatic heterocycles. The van der Waals surface area contributed by atoms with Crippen molar-refractivity contribution in [1.82, 2.24) is 10.3 Å². The number of nitrogens with one attached hydrogen (secondary N) is 1. The van der Waals surface area contributed by atoms with Crippen molar-refractivity contribution < 1.29 is 9.21 Å². The Morgan fingerprint density at radius 1 is 1.50 bits per heavy atom. The molecule has 94 valence electrons. The molecule has 0 bridgehead atoms. The lowest BCUT2D eigenvalue weighted by molar-refractivity contribution is -0.121. The summed E-state index contributed by atoms with van der Waals surface area (Å²) in [5.41, 5.74) is 1.59. The quantitative estimate of drug-likeness (QED) is 0.872. The van der Waals surface area contributed by atoms with Crippen LogP contribution in [-0.2, 0) is 4.79 Å². The van der Waals surface area contributed by atoms with E-state index in [1.165, 1.54) is 0 Å². The molecule has 0 radical (unpaired) electrons. The highest BCUT2D eigenvalue weighted by Crippen LogP contribution is 2.28. The lowest BCUT2D eigenvalue weighted by Crippen LogP contribution is -2.42. The second-order valence-electron chi connectivity index (χ2n) is 4.43. The molecule has 5 heteroatoms. The van der Waals surface area contributed by atoms with Crippen LogP contribution < -0.4 is 10.2 Å². The van der Waals surface area contributed by atoms with Gasteiger partial charge in [-0.25, -0.2) is 0 Å². The summed E-state index contributed by atoms with van der Waals surface area (Å²) < 4.78 is 5.71. The average Bonchev–Trinajstić information content (AvgIpc) is 3.03. The minimum atomic E-state index is -0.164. The van der Waals surface area contributed by atoms with Gasteiger partial charge in [-0.3, -0.25) is 4.79 Å². The van der Waals surface area contributed by atoms with Crippen LogP contribution in [0.3, 0.4) is 0 Å². The molecule has 3 rings (SSSR count). The molecule has 5 nitrogen and oxygen atoms in total. The highest BCUT2D eigenvalue weighted by atomic mass is 16.4. The monoisotopic (exact) mass is 245 g/mol. The molecule has 1 atom stereocenters. The van der Waals surface area contributed by atoms with Crippen LogP contribution in [0.15, 0.2) is 28.7 Å². The van der Waals surface area contributed by atoms with E-state index in [2.05, 4.69) is 10.3 Å². The second kappa shape index (κ2) is 4.33. The van der Waals surface area contributed by atoms with Gasteiger partial charge in [0.25, 0.3) is 6.01 Å². The molecule has 1 aromatic carbocycles. The minimum Gasteiger partial charge on any atom is -0.423 e. The van der Waals surface area contributed by atoms with Crippen LogP contribution in [0.4, 0.5) is 6.01 Å². The van der Waals surface area contributed by atoms with Gasteiger partial charge >= 0.3 is 0 Å². The fraction of sp³-hybridized carbons (Fsp3) is 0.385. The van der Waals surface area contributed by atoms with Gasteiger partial charge in [0, 0.05) is 13.6 Å². The van der Waals surface area contributed by atoms with Crippen molar-refractivity contribution in [2.45, 2.75) is 18.9 Å². The van der Waals surface area contributed by atoms with E-state index in [0.29, 0.717) is 6.01 Å². The molecule has 2 aromatic rings. The van der Waals surface area contributed by atoms with Crippen molar-refractivity contribution in [3.63, 3.8) is 0 Å². The maximum absolute atomic E-state index is 11.8. The molecule has 18 heavy (non-hydrogen) atoms. The van der Waals surface area contributed by atoms with Crippen LogP contribution in [0.1, 0.15) is 12.8 Å². The van der Waals surface area contributed by atoms with E-state index in [4.69, 9.17) is 4.42 Å². The van der Waals surface area contributed by atoms with Crippen LogP contribution >= 0.6 is 0 Å². The third-order valence-electron chi connectivity index (χ3n) is 3.33. The van der Waals surface area contributed by atoms with Gasteiger partial charge in [-0.05, 0) is 25.0 Å². The maximum atomic E-state index is 11.8. The predicted octanol–water partition coefficient (Wildman–Crippen LogP) is 1.54. The molecule has 0 aliphatic carbocycles. The van der Waals surface area contributed by atoms with E-state index >= 15 is 0 Å². The number of likely N-dealkylation sites (N-methyl/N-ethyl adjacent to an activating group) is 1. The van der Waals surface area contributed by atoms with Crippen LogP contribution in [-0.4, -0.2) is 30.5 Å². The molecule has 0 unspecified atom stereocenters. The summed E-state index contributed by atoms with van der Waals surface area (Å²) >= 11 is 0. The Hall–Kier alpha value is -2.04. The van der Waals surface area contributed by atoms with Crippen LogP contribution in [0.2, 0.25) is 0 Å². The summed E-state index contributed by atoms with van der Waals surface area (Å²) in [6.45, 7) is 0.810. The van der Waals surface area contributed by atoms with Gasteiger partial charge in [-0.2, -0.15) is 4.98 Å². The number of fused-ring (bicyclic) bond motifs is 1. The normalized spacial score (nSPS) is 19.4. The van der Waals surface area contributed by atoms with E-state index in [0.717, 1.165) is 30.5 Å². The van der Waals surface area contributed by atoms with Gasteiger partial charge in [0.05, 0.1) is 0 Å². The van der Waals surface area contributed by atoms with Gasteiger partial charge in [-0.1, -0.05) is 12.1 Å². The number of amides is 1. The van der Waals surface area contributed by atoms with Crippen molar-refractivity contribution in [2.75, 3.05) is 18.5 Å². The van der Waals surface area contributed by atoms with Crippen molar-refractivity contribution in [3.8, 4) is 0 Å². The van der Waals surface area contributed by atoms with Gasteiger partial charge in [-0.15, -0.1) is 0 Å². The number of hydrogen-bond acceptors (Lipinski definition) is 4. The fourth-order valence-corrected chi connectivity index (χ4v) is 2.42. The molecule has 1 fully saturated rings. The minimum absolute atomic E-state index is 0.0229. The highest BCUT2D eigenvalue weighted by molar-refractivity contribution is 5.85. The fourth-order valence-electron chi connectivity index (χ4n) is 2.42. The lowest BCUT2D eigenvalue weighted by atomic mass is 10.2. The summed E-state index contributed by atoms with van der Waals surface area (Å²) in [5.74, 6) is 0.0229. The van der Waals surface area contributed by atoms with Crippen LogP contribution in [0.25, 0.3) is 11.1 Å². The zero-order valence-electron chi connectivity index (χ0n) is 10.2. The van der Waals surface area contributed by atoms with Gasteiger partial charge in [0.1, 0.15) is 11.6 Å². The molecule has 0 spiro atoms. The molecule has 1 aliphatic rings. The summed E-state index contributed by atoms with van der Waals surface area (Å²) in [6, 6.07) is 8.02. The first kappa shape index (κ1) is 11.1. The van der Waals surface area contributed by atoms with Crippen molar-refractivity contribution in [3.05, 3.63) is 24.3 Å². The van der Waals surface area contributed by atoms with Crippen LogP contribution in [0, 0.1) is 0 Å². The summed E-state index contributed by atoms with van der Waals surface area (Å²) in [6.07, 6.45) is 1.83. The molecular formula is C13H15N3O2. The number of rotatable bonds is 2. The average molecular weight is 245 g/mol. The largest absolute Gasteiger partial charge is 0.423 e. The Labute approximate surface area is 105 Å². The van der Waals surface area contributed by atoms with Crippen molar-refractivity contribution in [1.29, 1.82) is 0 Å². The number of hydrogen-bond donors (Lipinski definition) is 1. The third-order valence-corrected chi connectivity index (χ3v) is 3.33. The number of aromatic nitrogens is 1. The molecule has 1 saturated heterocycles. The summed E-state index contributed by atoms with van der Waals surface area (Å²) in [7, 11) is 1.66. The second-order valence-corrected chi connectivity index (χ2v) is 4.43.